The van der Waals surface area contributed by atoms with Gasteiger partial charge in [-0.05, 0) is 55.5 Å². The van der Waals surface area contributed by atoms with Crippen molar-refractivity contribution >= 4 is 29.8 Å². The first-order chi connectivity index (χ1) is 18.7. The quantitative estimate of drug-likeness (QED) is 0.152. The number of likely N-dealkylation sites (tertiary alicyclic amines) is 1. The molecule has 40 heavy (non-hydrogen) atoms. The van der Waals surface area contributed by atoms with E-state index in [2.05, 4.69) is 17.2 Å². The van der Waals surface area contributed by atoms with Crippen LogP contribution in [0.2, 0.25) is 0 Å². The second-order valence-corrected chi connectivity index (χ2v) is 10.1. The van der Waals surface area contributed by atoms with Gasteiger partial charge >= 0.3 is 6.18 Å². The summed E-state index contributed by atoms with van der Waals surface area (Å²) in [5, 5.41) is 4.82. The molecule has 1 aliphatic heterocycles. The van der Waals surface area contributed by atoms with Crippen LogP contribution in [0, 0.1) is 17.8 Å². The Morgan fingerprint density at radius 3 is 2.25 bits per heavy atom. The molecule has 13 heteroatoms. The summed E-state index contributed by atoms with van der Waals surface area (Å²) in [6.45, 7) is 9.89. The molecule has 2 rings (SSSR count). The van der Waals surface area contributed by atoms with Crippen molar-refractivity contribution in [3.05, 3.63) is 42.3 Å². The molecule has 1 aliphatic rings. The molecule has 3 atom stereocenters. The summed E-state index contributed by atoms with van der Waals surface area (Å²) in [4.78, 5) is 72.7. The Kier molecular flexibility index (Phi) is 11.3. The van der Waals surface area contributed by atoms with Crippen molar-refractivity contribution in [2.75, 3.05) is 6.54 Å². The molecule has 1 unspecified atom stereocenters. The SMILES string of the molecule is C=C(NC=O)OOc1ccc(C(=O)N[C@H](C(=O)N2CCC[C@H]2C(=O)CC(C(=O)C(F)(F)F)C(C)C)C(C)C)cc1. The number of Topliss-reactive ketones (excluding diaryl/α,β-unsaturated/α-hetero) is 2. The summed E-state index contributed by atoms with van der Waals surface area (Å²) in [6.07, 6.45) is -4.62. The lowest BCUT2D eigenvalue weighted by molar-refractivity contribution is -0.177. The van der Waals surface area contributed by atoms with Crippen molar-refractivity contribution in [3.8, 4) is 5.75 Å². The number of hydrogen-bond acceptors (Lipinski definition) is 7. The van der Waals surface area contributed by atoms with Crippen molar-refractivity contribution in [1.29, 1.82) is 0 Å². The van der Waals surface area contributed by atoms with Gasteiger partial charge in [0, 0.05) is 24.4 Å². The Morgan fingerprint density at radius 1 is 1.10 bits per heavy atom. The minimum absolute atomic E-state index is 0.152. The van der Waals surface area contributed by atoms with Gasteiger partial charge in [-0.2, -0.15) is 13.2 Å². The molecule has 1 aromatic carbocycles. The van der Waals surface area contributed by atoms with Crippen molar-refractivity contribution in [3.63, 3.8) is 0 Å². The zero-order valence-electron chi connectivity index (χ0n) is 22.7. The highest BCUT2D eigenvalue weighted by molar-refractivity contribution is 5.99. The maximum Gasteiger partial charge on any atom is 0.450 e. The van der Waals surface area contributed by atoms with Crippen LogP contribution in [0.5, 0.6) is 5.75 Å². The predicted molar refractivity (Wildman–Crippen MR) is 136 cm³/mol. The molecule has 1 saturated heterocycles. The van der Waals surface area contributed by atoms with Gasteiger partial charge in [-0.3, -0.25) is 39.1 Å². The average molecular weight is 570 g/mol. The monoisotopic (exact) mass is 569 g/mol. The number of alkyl halides is 3. The first kappa shape index (κ1) is 32.3. The Morgan fingerprint density at radius 2 is 1.73 bits per heavy atom. The van der Waals surface area contributed by atoms with Crippen LogP contribution in [0.3, 0.4) is 0 Å². The number of amides is 3. The largest absolute Gasteiger partial charge is 0.450 e. The first-order valence-corrected chi connectivity index (χ1v) is 12.8. The number of halogens is 3. The average Bonchev–Trinajstić information content (AvgIpc) is 3.38. The molecule has 0 aliphatic carbocycles. The van der Waals surface area contributed by atoms with Gasteiger partial charge in [0.1, 0.15) is 6.04 Å². The topological polar surface area (TPSA) is 131 Å². The molecule has 10 nitrogen and oxygen atoms in total. The number of ketones is 2. The third-order valence-electron chi connectivity index (χ3n) is 6.54. The van der Waals surface area contributed by atoms with Crippen molar-refractivity contribution < 1.29 is 46.9 Å². The fourth-order valence-corrected chi connectivity index (χ4v) is 4.33. The minimum atomic E-state index is -5.06. The number of nitrogens with one attached hydrogen (secondary N) is 2. The molecule has 0 spiro atoms. The Balaban J connectivity index is 2.11. The van der Waals surface area contributed by atoms with E-state index >= 15 is 0 Å². The highest BCUT2D eigenvalue weighted by atomic mass is 19.4. The van der Waals surface area contributed by atoms with E-state index in [4.69, 9.17) is 9.78 Å². The van der Waals surface area contributed by atoms with E-state index in [-0.39, 0.29) is 36.1 Å². The summed E-state index contributed by atoms with van der Waals surface area (Å²) >= 11 is 0. The van der Waals surface area contributed by atoms with Crippen LogP contribution in [0.4, 0.5) is 13.2 Å². The van der Waals surface area contributed by atoms with Gasteiger partial charge < -0.3 is 10.2 Å². The lowest BCUT2D eigenvalue weighted by Crippen LogP contribution is -2.54. The molecule has 0 bridgehead atoms. The van der Waals surface area contributed by atoms with Crippen LogP contribution < -0.4 is 15.5 Å². The number of nitrogens with zero attached hydrogens (tertiary/aromatic N) is 1. The lowest BCUT2D eigenvalue weighted by atomic mass is 9.85. The van der Waals surface area contributed by atoms with E-state index in [0.29, 0.717) is 12.8 Å². The fourth-order valence-electron chi connectivity index (χ4n) is 4.33. The van der Waals surface area contributed by atoms with Gasteiger partial charge in [0.25, 0.3) is 5.91 Å². The van der Waals surface area contributed by atoms with Crippen molar-refractivity contribution in [2.45, 2.75) is 65.2 Å². The molecular formula is C27H34F3N3O7. The zero-order valence-corrected chi connectivity index (χ0v) is 22.7. The third kappa shape index (κ3) is 8.55. The minimum Gasteiger partial charge on any atom is -0.340 e. The van der Waals surface area contributed by atoms with Gasteiger partial charge in [0.05, 0.1) is 6.04 Å². The Bertz CT molecular complexity index is 1100. The molecule has 220 valence electrons. The van der Waals surface area contributed by atoms with Crippen molar-refractivity contribution in [2.24, 2.45) is 17.8 Å². The maximum atomic E-state index is 13.5. The third-order valence-corrected chi connectivity index (χ3v) is 6.54. The first-order valence-electron chi connectivity index (χ1n) is 12.8. The van der Waals surface area contributed by atoms with E-state index in [1.807, 2.05) is 0 Å². The number of benzene rings is 1. The summed E-state index contributed by atoms with van der Waals surface area (Å²) in [7, 11) is 0. The van der Waals surface area contributed by atoms with Crippen LogP contribution in [0.25, 0.3) is 0 Å². The summed E-state index contributed by atoms with van der Waals surface area (Å²) in [5.74, 6) is -6.27. The molecule has 1 fully saturated rings. The standard InChI is InChI=1S/C27H34F3N3O7/c1-15(2)20(24(36)27(28,29)30)13-22(35)21-7-6-12-33(21)26(38)23(16(3)4)32-25(37)18-8-10-19(11-9-18)40-39-17(5)31-14-34/h8-11,14-16,20-21,23H,5-7,12-13H2,1-4H3,(H,31,34)(H,32,37)/t20?,21-,23-/m0/s1. The number of carbonyl (C=O) groups is 5. The maximum absolute atomic E-state index is 13.5. The van der Waals surface area contributed by atoms with Gasteiger partial charge in [-0.25, -0.2) is 0 Å². The van der Waals surface area contributed by atoms with Crippen LogP contribution in [-0.2, 0) is 24.1 Å². The molecule has 2 N–H and O–H groups in total. The molecule has 0 saturated carbocycles. The van der Waals surface area contributed by atoms with E-state index in [1.54, 1.807) is 13.8 Å². The Hall–Kier alpha value is -3.90. The van der Waals surface area contributed by atoms with Crippen LogP contribution >= 0.6 is 0 Å². The molecule has 0 aromatic heterocycles. The smallest absolute Gasteiger partial charge is 0.340 e. The molecule has 3 amide bonds. The fraction of sp³-hybridized carbons (Fsp3) is 0.519. The van der Waals surface area contributed by atoms with E-state index in [1.165, 1.54) is 43.0 Å². The second-order valence-electron chi connectivity index (χ2n) is 10.1. The highest BCUT2D eigenvalue weighted by Crippen LogP contribution is 2.30. The highest BCUT2D eigenvalue weighted by Gasteiger charge is 2.46. The lowest BCUT2D eigenvalue weighted by Gasteiger charge is -2.31. The molecule has 1 heterocycles. The van der Waals surface area contributed by atoms with Gasteiger partial charge in [-0.15, -0.1) is 0 Å². The number of rotatable bonds is 14. The van der Waals surface area contributed by atoms with Gasteiger partial charge in [0.15, 0.2) is 11.5 Å². The normalized spacial score (nSPS) is 16.7. The molecular weight excluding hydrogens is 535 g/mol. The van der Waals surface area contributed by atoms with E-state index < -0.39 is 59.9 Å². The Labute approximate surface area is 230 Å². The van der Waals surface area contributed by atoms with Crippen molar-refractivity contribution in [1.82, 2.24) is 15.5 Å². The molecule has 0 radical (unpaired) electrons. The zero-order chi connectivity index (χ0) is 30.2. The number of carbonyl (C=O) groups excluding carboxylic acids is 5. The number of hydrogen-bond donors (Lipinski definition) is 2. The van der Waals surface area contributed by atoms with Crippen LogP contribution in [-0.4, -0.2) is 59.5 Å². The predicted octanol–water partition coefficient (Wildman–Crippen LogP) is 3.32. The summed E-state index contributed by atoms with van der Waals surface area (Å²) in [5.41, 5.74) is 0.190. The van der Waals surface area contributed by atoms with Gasteiger partial charge in [-0.1, -0.05) is 27.7 Å². The van der Waals surface area contributed by atoms with Crippen LogP contribution in [0.1, 0.15) is 57.3 Å². The van der Waals surface area contributed by atoms with E-state index in [0.717, 1.165) is 0 Å². The second kappa shape index (κ2) is 13.9. The van der Waals surface area contributed by atoms with Gasteiger partial charge in [0.2, 0.25) is 24.0 Å². The summed E-state index contributed by atoms with van der Waals surface area (Å²) in [6, 6.07) is 3.66. The summed E-state index contributed by atoms with van der Waals surface area (Å²) < 4.78 is 39.2. The molecule has 1 aromatic rings. The van der Waals surface area contributed by atoms with E-state index in [9.17, 15) is 37.1 Å². The van der Waals surface area contributed by atoms with Crippen LogP contribution in [0.15, 0.2) is 36.7 Å².